The molecule has 1 atom stereocenters. The zero-order valence-electron chi connectivity index (χ0n) is 12.4. The molecule has 0 aromatic carbocycles. The van der Waals surface area contributed by atoms with E-state index < -0.39 is 0 Å². The highest BCUT2D eigenvalue weighted by Crippen LogP contribution is 2.29. The molecule has 5 heteroatoms. The predicted molar refractivity (Wildman–Crippen MR) is 89.4 cm³/mol. The fourth-order valence-corrected chi connectivity index (χ4v) is 4.82. The molecule has 114 valence electrons. The van der Waals surface area contributed by atoms with E-state index in [9.17, 15) is 5.11 Å². The Morgan fingerprint density at radius 2 is 2.10 bits per heavy atom. The van der Waals surface area contributed by atoms with Gasteiger partial charge in [-0.2, -0.15) is 16.9 Å². The van der Waals surface area contributed by atoms with E-state index >= 15 is 0 Å². The maximum atomic E-state index is 10.4. The Morgan fingerprint density at radius 1 is 1.40 bits per heavy atom. The Morgan fingerprint density at radius 3 is 2.70 bits per heavy atom. The molecule has 3 nitrogen and oxygen atoms in total. The highest BCUT2D eigenvalue weighted by molar-refractivity contribution is 9.10. The lowest BCUT2D eigenvalue weighted by Crippen LogP contribution is -2.21. The van der Waals surface area contributed by atoms with Crippen molar-refractivity contribution in [2.45, 2.75) is 58.6 Å². The number of aliphatic hydroxyl groups is 1. The third kappa shape index (κ3) is 4.01. The molecule has 1 N–H and O–H groups in total. The van der Waals surface area contributed by atoms with Crippen molar-refractivity contribution in [2.75, 3.05) is 11.5 Å². The first-order valence-corrected chi connectivity index (χ1v) is 9.60. The van der Waals surface area contributed by atoms with E-state index in [0.29, 0.717) is 12.3 Å². The molecule has 20 heavy (non-hydrogen) atoms. The van der Waals surface area contributed by atoms with Gasteiger partial charge in [-0.05, 0) is 66.0 Å². The molecule has 0 amide bonds. The third-order valence-corrected chi connectivity index (χ3v) is 6.03. The smallest absolute Gasteiger partial charge is 0.0766 e. The van der Waals surface area contributed by atoms with Crippen LogP contribution in [0, 0.1) is 5.92 Å². The molecular weight excluding hydrogens is 336 g/mol. The summed E-state index contributed by atoms with van der Waals surface area (Å²) < 4.78 is 3.13. The molecule has 0 radical (unpaired) electrons. The standard InChI is InChI=1S/C15H25BrN2OS/c1-3-13-15(16)14(18(4-2)17-13)10-12(19)9-11-5-7-20-8-6-11/h11-12,19H,3-10H2,1-2H3. The molecule has 1 aromatic rings. The molecule has 1 aliphatic heterocycles. The Balaban J connectivity index is 1.99. The maximum absolute atomic E-state index is 10.4. The largest absolute Gasteiger partial charge is 0.393 e. The second-order valence-corrected chi connectivity index (χ2v) is 7.54. The van der Waals surface area contributed by atoms with Gasteiger partial charge in [0.05, 0.1) is 22.0 Å². The van der Waals surface area contributed by atoms with Crippen molar-refractivity contribution in [3.05, 3.63) is 15.9 Å². The van der Waals surface area contributed by atoms with Crippen molar-refractivity contribution in [1.29, 1.82) is 0 Å². The summed E-state index contributed by atoms with van der Waals surface area (Å²) in [6.07, 6.45) is 4.85. The summed E-state index contributed by atoms with van der Waals surface area (Å²) in [5, 5.41) is 15.0. The quantitative estimate of drug-likeness (QED) is 0.840. The lowest BCUT2D eigenvalue weighted by atomic mass is 9.94. The number of hydrogen-bond acceptors (Lipinski definition) is 3. The summed E-state index contributed by atoms with van der Waals surface area (Å²) in [4.78, 5) is 0. The van der Waals surface area contributed by atoms with Gasteiger partial charge in [0.15, 0.2) is 0 Å². The summed E-state index contributed by atoms with van der Waals surface area (Å²) in [7, 11) is 0. The molecule has 1 fully saturated rings. The van der Waals surface area contributed by atoms with Gasteiger partial charge in [-0.3, -0.25) is 4.68 Å². The van der Waals surface area contributed by atoms with Crippen molar-refractivity contribution < 1.29 is 5.11 Å². The number of aromatic nitrogens is 2. The van der Waals surface area contributed by atoms with Crippen molar-refractivity contribution in [2.24, 2.45) is 5.92 Å². The van der Waals surface area contributed by atoms with Crippen LogP contribution in [0.25, 0.3) is 0 Å². The van der Waals surface area contributed by atoms with E-state index in [4.69, 9.17) is 0 Å². The van der Waals surface area contributed by atoms with Crippen LogP contribution < -0.4 is 0 Å². The van der Waals surface area contributed by atoms with E-state index in [1.54, 1.807) is 0 Å². The van der Waals surface area contributed by atoms with E-state index in [1.807, 2.05) is 16.4 Å². The number of aliphatic hydroxyl groups excluding tert-OH is 1. The number of nitrogens with zero attached hydrogens (tertiary/aromatic N) is 2. The number of thioether (sulfide) groups is 1. The fraction of sp³-hybridized carbons (Fsp3) is 0.800. The monoisotopic (exact) mass is 360 g/mol. The second kappa shape index (κ2) is 7.85. The highest BCUT2D eigenvalue weighted by atomic mass is 79.9. The zero-order chi connectivity index (χ0) is 14.5. The molecule has 2 heterocycles. The summed E-state index contributed by atoms with van der Waals surface area (Å²) in [5.41, 5.74) is 2.25. The first-order chi connectivity index (χ1) is 9.65. The van der Waals surface area contributed by atoms with Crippen LogP contribution in [0.2, 0.25) is 0 Å². The molecule has 1 aromatic heterocycles. The predicted octanol–water partition coefficient (Wildman–Crippen LogP) is 3.66. The Hall–Kier alpha value is -0.000000000000000111. The first kappa shape index (κ1) is 16.4. The number of halogens is 1. The fourth-order valence-electron chi connectivity index (χ4n) is 2.89. The summed E-state index contributed by atoms with van der Waals surface area (Å²) in [6, 6.07) is 0. The average Bonchev–Trinajstić information content (AvgIpc) is 2.76. The Labute approximate surface area is 134 Å². The minimum atomic E-state index is -0.244. The van der Waals surface area contributed by atoms with Crippen LogP contribution in [0.5, 0.6) is 0 Å². The van der Waals surface area contributed by atoms with Gasteiger partial charge < -0.3 is 5.11 Å². The number of hydrogen-bond donors (Lipinski definition) is 1. The van der Waals surface area contributed by atoms with Gasteiger partial charge in [0.2, 0.25) is 0 Å². The van der Waals surface area contributed by atoms with Crippen LogP contribution in [0.4, 0.5) is 0 Å². The molecule has 0 aliphatic carbocycles. The Bertz CT molecular complexity index is 430. The van der Waals surface area contributed by atoms with Gasteiger partial charge in [0, 0.05) is 13.0 Å². The molecule has 0 bridgehead atoms. The van der Waals surface area contributed by atoms with Gasteiger partial charge in [-0.1, -0.05) is 6.92 Å². The van der Waals surface area contributed by atoms with E-state index in [-0.39, 0.29) is 6.10 Å². The van der Waals surface area contributed by atoms with Crippen LogP contribution >= 0.6 is 27.7 Å². The van der Waals surface area contributed by atoms with Crippen molar-refractivity contribution in [3.8, 4) is 0 Å². The SMILES string of the molecule is CCc1nn(CC)c(CC(O)CC2CCSCC2)c1Br. The number of rotatable bonds is 6. The van der Waals surface area contributed by atoms with Gasteiger partial charge in [0.1, 0.15) is 0 Å². The van der Waals surface area contributed by atoms with Crippen molar-refractivity contribution in [1.82, 2.24) is 9.78 Å². The second-order valence-electron chi connectivity index (χ2n) is 5.53. The average molecular weight is 361 g/mol. The minimum Gasteiger partial charge on any atom is -0.393 e. The van der Waals surface area contributed by atoms with Gasteiger partial charge in [-0.25, -0.2) is 0 Å². The highest BCUT2D eigenvalue weighted by Gasteiger charge is 2.21. The first-order valence-electron chi connectivity index (χ1n) is 7.65. The van der Waals surface area contributed by atoms with E-state index in [0.717, 1.165) is 35.2 Å². The summed E-state index contributed by atoms with van der Waals surface area (Å²) in [6.45, 7) is 5.08. The van der Waals surface area contributed by atoms with Crippen LogP contribution in [0.15, 0.2) is 4.47 Å². The molecule has 1 aliphatic rings. The molecule has 0 spiro atoms. The lowest BCUT2D eigenvalue weighted by Gasteiger charge is -2.24. The van der Waals surface area contributed by atoms with Crippen molar-refractivity contribution in [3.63, 3.8) is 0 Å². The third-order valence-electron chi connectivity index (χ3n) is 4.07. The van der Waals surface area contributed by atoms with E-state index in [1.165, 1.54) is 24.3 Å². The molecule has 0 saturated carbocycles. The number of aryl methyl sites for hydroxylation is 2. The van der Waals surface area contributed by atoms with Crippen LogP contribution in [0.3, 0.4) is 0 Å². The molecule has 1 saturated heterocycles. The zero-order valence-corrected chi connectivity index (χ0v) is 14.8. The molecule has 1 unspecified atom stereocenters. The minimum absolute atomic E-state index is 0.244. The van der Waals surface area contributed by atoms with Gasteiger partial charge in [-0.15, -0.1) is 0 Å². The van der Waals surface area contributed by atoms with Gasteiger partial charge >= 0.3 is 0 Å². The van der Waals surface area contributed by atoms with Crippen LogP contribution in [-0.4, -0.2) is 32.5 Å². The molecule has 2 rings (SSSR count). The molecular formula is C15H25BrN2OS. The van der Waals surface area contributed by atoms with Crippen LogP contribution in [-0.2, 0) is 19.4 Å². The summed E-state index contributed by atoms with van der Waals surface area (Å²) >= 11 is 5.70. The van der Waals surface area contributed by atoms with E-state index in [2.05, 4.69) is 34.9 Å². The van der Waals surface area contributed by atoms with Crippen LogP contribution in [0.1, 0.15) is 44.5 Å². The maximum Gasteiger partial charge on any atom is 0.0766 e. The lowest BCUT2D eigenvalue weighted by molar-refractivity contribution is 0.137. The summed E-state index contributed by atoms with van der Waals surface area (Å²) in [5.74, 6) is 3.22. The topological polar surface area (TPSA) is 38.0 Å². The normalized spacial score (nSPS) is 18.4. The van der Waals surface area contributed by atoms with Crippen molar-refractivity contribution >= 4 is 27.7 Å². The van der Waals surface area contributed by atoms with Gasteiger partial charge in [0.25, 0.3) is 0 Å². The Kier molecular flexibility index (Phi) is 6.43.